The normalized spacial score (nSPS) is 14.5. The molecule has 1 aliphatic carbocycles. The fraction of sp³-hybridized carbons (Fsp3) is 0.111. The number of fused-ring (bicyclic) bond motifs is 3. The van der Waals surface area contributed by atoms with Gasteiger partial charge in [-0.05, 0) is 97.3 Å². The lowest BCUT2D eigenvalue weighted by Crippen LogP contribution is -1.97. The molecule has 37 heavy (non-hydrogen) atoms. The minimum Gasteiger partial charge on any atom is -0.148 e. The Hall–Kier alpha value is -3.81. The van der Waals surface area contributed by atoms with Gasteiger partial charge in [0.1, 0.15) is 0 Å². The second-order valence-corrected chi connectivity index (χ2v) is 10.3. The Morgan fingerprint density at radius 1 is 0.784 bits per heavy atom. The highest BCUT2D eigenvalue weighted by atomic mass is 32.1. The van der Waals surface area contributed by atoms with Crippen molar-refractivity contribution >= 4 is 50.5 Å². The largest absolute Gasteiger partial charge is 0.148 e. The molecule has 0 aromatic heterocycles. The first kappa shape index (κ1) is 23.6. The molecule has 0 N–H and O–H groups in total. The molecule has 0 amide bonds. The van der Waals surface area contributed by atoms with E-state index in [9.17, 15) is 0 Å². The van der Waals surface area contributed by atoms with Crippen LogP contribution < -0.4 is 0 Å². The van der Waals surface area contributed by atoms with Crippen LogP contribution >= 0.6 is 12.6 Å². The lowest BCUT2D eigenvalue weighted by molar-refractivity contribution is 0.990. The van der Waals surface area contributed by atoms with Gasteiger partial charge in [0.25, 0.3) is 0 Å². The van der Waals surface area contributed by atoms with Crippen LogP contribution in [-0.2, 0) is 0 Å². The predicted octanol–water partition coefficient (Wildman–Crippen LogP) is 10.7. The summed E-state index contributed by atoms with van der Waals surface area (Å²) >= 11 is 4.86. The summed E-state index contributed by atoms with van der Waals surface area (Å²) in [5, 5.41) is 7.70. The zero-order valence-corrected chi connectivity index (χ0v) is 22.0. The Balaban J connectivity index is 1.67. The summed E-state index contributed by atoms with van der Waals surface area (Å²) in [6.45, 7) is 2.08. The number of rotatable bonds is 5. The summed E-state index contributed by atoms with van der Waals surface area (Å²) in [6.07, 6.45) is 14.1. The number of hydrogen-bond acceptors (Lipinski definition) is 1. The van der Waals surface area contributed by atoms with Crippen molar-refractivity contribution in [3.63, 3.8) is 0 Å². The van der Waals surface area contributed by atoms with Crippen LogP contribution in [0.15, 0.2) is 132 Å². The number of thiol groups is 1. The Labute approximate surface area is 224 Å². The van der Waals surface area contributed by atoms with E-state index >= 15 is 0 Å². The zero-order valence-electron chi connectivity index (χ0n) is 21.1. The lowest BCUT2D eigenvalue weighted by Gasteiger charge is -2.21. The van der Waals surface area contributed by atoms with E-state index in [1.165, 1.54) is 65.1 Å². The maximum Gasteiger partial charge on any atom is -0.00117 e. The first-order valence-electron chi connectivity index (χ1n) is 13.1. The number of allylic oxidation sites excluding steroid dienone is 8. The van der Waals surface area contributed by atoms with Gasteiger partial charge in [0.05, 0.1) is 0 Å². The van der Waals surface area contributed by atoms with Crippen molar-refractivity contribution < 1.29 is 0 Å². The van der Waals surface area contributed by atoms with Crippen LogP contribution in [0.1, 0.15) is 31.7 Å². The van der Waals surface area contributed by atoms with Crippen molar-refractivity contribution in [3.05, 3.63) is 137 Å². The molecule has 0 radical (unpaired) electrons. The molecule has 0 unspecified atom stereocenters. The first-order valence-corrected chi connectivity index (χ1v) is 13.5. The molecule has 0 saturated carbocycles. The van der Waals surface area contributed by atoms with Gasteiger partial charge in [-0.15, -0.1) is 12.6 Å². The fourth-order valence-corrected chi connectivity index (χ4v) is 5.92. The van der Waals surface area contributed by atoms with Gasteiger partial charge >= 0.3 is 0 Å². The maximum atomic E-state index is 4.86. The van der Waals surface area contributed by atoms with E-state index < -0.39 is 0 Å². The quantitative estimate of drug-likeness (QED) is 0.140. The molecule has 0 saturated heterocycles. The summed E-state index contributed by atoms with van der Waals surface area (Å²) in [5.41, 5.74) is 6.52. The smallest absolute Gasteiger partial charge is 0.00117 e. The fourth-order valence-electron chi connectivity index (χ4n) is 5.64. The molecule has 0 nitrogen and oxygen atoms in total. The van der Waals surface area contributed by atoms with Crippen molar-refractivity contribution in [2.24, 2.45) is 0 Å². The van der Waals surface area contributed by atoms with Crippen molar-refractivity contribution in [3.8, 4) is 11.1 Å². The van der Waals surface area contributed by atoms with Gasteiger partial charge in [-0.2, -0.15) is 0 Å². The highest BCUT2D eigenvalue weighted by Gasteiger charge is 2.19. The molecule has 1 aliphatic rings. The van der Waals surface area contributed by atoms with Gasteiger partial charge in [-0.3, -0.25) is 0 Å². The second-order valence-electron chi connectivity index (χ2n) is 9.71. The van der Waals surface area contributed by atoms with Gasteiger partial charge in [-0.1, -0.05) is 115 Å². The molecule has 0 fully saturated rings. The number of hydrogen-bond donors (Lipinski definition) is 1. The third-order valence-corrected chi connectivity index (χ3v) is 7.91. The SMILES string of the molecule is C/C=C\C=C(/CC1=C(S)CCC=C1)c1c2ccccc2c(-c2ccc3ccccc3c2)c2ccccc12. The Bertz CT molecular complexity index is 1700. The van der Waals surface area contributed by atoms with E-state index in [-0.39, 0.29) is 0 Å². The highest BCUT2D eigenvalue weighted by molar-refractivity contribution is 7.84. The van der Waals surface area contributed by atoms with Gasteiger partial charge in [0.2, 0.25) is 0 Å². The van der Waals surface area contributed by atoms with Gasteiger partial charge in [0, 0.05) is 0 Å². The minimum atomic E-state index is 0.864. The molecule has 0 aliphatic heterocycles. The van der Waals surface area contributed by atoms with Gasteiger partial charge in [0.15, 0.2) is 0 Å². The Morgan fingerprint density at radius 3 is 2.11 bits per heavy atom. The average molecular weight is 495 g/mol. The minimum absolute atomic E-state index is 0.864. The molecule has 0 heterocycles. The molecule has 5 aromatic carbocycles. The molecule has 6 rings (SSSR count). The molecular formula is C36H30S. The summed E-state index contributed by atoms with van der Waals surface area (Å²) < 4.78 is 0. The van der Waals surface area contributed by atoms with Crippen LogP contribution in [0.2, 0.25) is 0 Å². The van der Waals surface area contributed by atoms with E-state index in [0.29, 0.717) is 0 Å². The number of benzene rings is 5. The molecule has 5 aromatic rings. The van der Waals surface area contributed by atoms with Crippen molar-refractivity contribution in [1.82, 2.24) is 0 Å². The first-order chi connectivity index (χ1) is 18.2. The topological polar surface area (TPSA) is 0 Å². The van der Waals surface area contributed by atoms with Crippen molar-refractivity contribution in [2.75, 3.05) is 0 Å². The van der Waals surface area contributed by atoms with Crippen molar-refractivity contribution in [2.45, 2.75) is 26.2 Å². The van der Waals surface area contributed by atoms with Crippen LogP contribution in [0.3, 0.4) is 0 Å². The van der Waals surface area contributed by atoms with E-state index in [2.05, 4.69) is 128 Å². The van der Waals surface area contributed by atoms with Crippen molar-refractivity contribution in [1.29, 1.82) is 0 Å². The summed E-state index contributed by atoms with van der Waals surface area (Å²) in [7, 11) is 0. The monoisotopic (exact) mass is 494 g/mol. The molecule has 180 valence electrons. The van der Waals surface area contributed by atoms with Crippen LogP contribution in [0.4, 0.5) is 0 Å². The summed E-state index contributed by atoms with van der Waals surface area (Å²) in [4.78, 5) is 1.20. The molecule has 0 atom stereocenters. The van der Waals surface area contributed by atoms with Crippen LogP contribution in [-0.4, -0.2) is 0 Å². The van der Waals surface area contributed by atoms with E-state index in [4.69, 9.17) is 12.6 Å². The average Bonchev–Trinajstić information content (AvgIpc) is 2.95. The van der Waals surface area contributed by atoms with E-state index in [1.807, 2.05) is 0 Å². The van der Waals surface area contributed by atoms with E-state index in [1.54, 1.807) is 0 Å². The zero-order chi connectivity index (χ0) is 25.2. The molecular weight excluding hydrogens is 464 g/mol. The molecule has 0 spiro atoms. The lowest BCUT2D eigenvalue weighted by atomic mass is 9.83. The van der Waals surface area contributed by atoms with Crippen LogP contribution in [0.5, 0.6) is 0 Å². The Kier molecular flexibility index (Phi) is 6.55. The highest BCUT2D eigenvalue weighted by Crippen LogP contribution is 2.44. The van der Waals surface area contributed by atoms with Gasteiger partial charge < -0.3 is 0 Å². The Morgan fingerprint density at radius 2 is 1.43 bits per heavy atom. The predicted molar refractivity (Wildman–Crippen MR) is 166 cm³/mol. The summed E-state index contributed by atoms with van der Waals surface area (Å²) in [6, 6.07) is 33.3. The van der Waals surface area contributed by atoms with Crippen LogP contribution in [0, 0.1) is 0 Å². The summed E-state index contributed by atoms with van der Waals surface area (Å²) in [5.74, 6) is 0. The maximum absolute atomic E-state index is 4.86. The molecule has 1 heteroatoms. The third kappa shape index (κ3) is 4.45. The van der Waals surface area contributed by atoms with Gasteiger partial charge in [-0.25, -0.2) is 0 Å². The molecule has 0 bridgehead atoms. The van der Waals surface area contributed by atoms with Crippen LogP contribution in [0.25, 0.3) is 49.0 Å². The standard InChI is InChI=1S/C36H30S/c1-2-3-12-28(24-27-15-6-11-20-34(27)37)35-30-16-7-9-18-32(30)36(33-19-10-8-17-31(33)35)29-22-21-25-13-4-5-14-26(25)23-29/h2-10,12-19,21-23,37H,11,20,24H2,1H3/b3-2-,28-12+. The third-order valence-electron chi connectivity index (χ3n) is 7.40. The second kappa shape index (κ2) is 10.3. The van der Waals surface area contributed by atoms with E-state index in [0.717, 1.165) is 19.3 Å².